The van der Waals surface area contributed by atoms with E-state index in [0.29, 0.717) is 11.3 Å². The van der Waals surface area contributed by atoms with E-state index < -0.39 is 9.84 Å². The molecule has 0 saturated carbocycles. The predicted molar refractivity (Wildman–Crippen MR) is 95.2 cm³/mol. The van der Waals surface area contributed by atoms with E-state index in [1.807, 2.05) is 30.3 Å². The lowest BCUT2D eigenvalue weighted by Gasteiger charge is -2.00. The molecular weight excluding hydrogens is 336 g/mol. The van der Waals surface area contributed by atoms with Gasteiger partial charge in [0.2, 0.25) is 0 Å². The number of allylic oxidation sites excluding steroid dienone is 1. The van der Waals surface area contributed by atoms with E-state index in [0.717, 1.165) is 17.5 Å². The smallest absolute Gasteiger partial charge is 0.185 e. The average Bonchev–Trinajstić information content (AvgIpc) is 3.04. The minimum atomic E-state index is -3.62. The summed E-state index contributed by atoms with van der Waals surface area (Å²) in [5.41, 5.74) is 2.72. The highest BCUT2D eigenvalue weighted by molar-refractivity contribution is 7.95. The highest BCUT2D eigenvalue weighted by Crippen LogP contribution is 2.26. The Kier molecular flexibility index (Phi) is 4.46. The van der Waals surface area contributed by atoms with Crippen LogP contribution in [-0.4, -0.2) is 29.4 Å². The molecule has 0 unspecified atom stereocenters. The number of nitriles is 1. The summed E-state index contributed by atoms with van der Waals surface area (Å²) >= 11 is 0. The van der Waals surface area contributed by atoms with E-state index >= 15 is 0 Å². The normalized spacial score (nSPS) is 11.9. The Morgan fingerprint density at radius 1 is 1.16 bits per heavy atom. The molecule has 6 nitrogen and oxygen atoms in total. The van der Waals surface area contributed by atoms with Crippen molar-refractivity contribution in [3.05, 3.63) is 71.5 Å². The highest BCUT2D eigenvalue weighted by Gasteiger charge is 2.16. The van der Waals surface area contributed by atoms with Gasteiger partial charge in [-0.3, -0.25) is 4.98 Å². The fraction of sp³-hybridized carbons (Fsp3) is 0.0556. The maximum atomic E-state index is 11.8. The van der Waals surface area contributed by atoms with Gasteiger partial charge in [-0.25, -0.2) is 13.1 Å². The van der Waals surface area contributed by atoms with Crippen molar-refractivity contribution in [2.24, 2.45) is 0 Å². The van der Waals surface area contributed by atoms with Crippen LogP contribution in [0.5, 0.6) is 0 Å². The second-order valence-corrected chi connectivity index (χ2v) is 7.33. The Morgan fingerprint density at radius 3 is 2.44 bits per heavy atom. The summed E-state index contributed by atoms with van der Waals surface area (Å²) in [6, 6.07) is 14.7. The molecule has 25 heavy (non-hydrogen) atoms. The number of pyridine rings is 1. The number of hydrogen-bond acceptors (Lipinski definition) is 5. The molecule has 0 saturated heterocycles. The van der Waals surface area contributed by atoms with Gasteiger partial charge in [0.05, 0.1) is 5.69 Å². The standard InChI is InChI=1S/C18H14N4O2S/c1-25(23,24)17(12-19)11-15-13-22(16-5-3-2-4-6-16)21-18(15)14-7-9-20-10-8-14/h2-11,13H,1H3/b17-11+. The van der Waals surface area contributed by atoms with Gasteiger partial charge in [0.25, 0.3) is 0 Å². The highest BCUT2D eigenvalue weighted by atomic mass is 32.2. The number of aromatic nitrogens is 3. The predicted octanol–water partition coefficient (Wildman–Crippen LogP) is 2.84. The van der Waals surface area contributed by atoms with Crippen LogP contribution in [0.2, 0.25) is 0 Å². The molecule has 3 rings (SSSR count). The zero-order valence-corrected chi connectivity index (χ0v) is 14.2. The molecule has 0 radical (unpaired) electrons. The first kappa shape index (κ1) is 16.6. The van der Waals surface area contributed by atoms with Crippen LogP contribution in [0.15, 0.2) is 66.0 Å². The lowest BCUT2D eigenvalue weighted by molar-refractivity contribution is 0.609. The van der Waals surface area contributed by atoms with Gasteiger partial charge >= 0.3 is 0 Å². The van der Waals surface area contributed by atoms with Gasteiger partial charge < -0.3 is 0 Å². The molecule has 3 aromatic rings. The number of sulfone groups is 1. The van der Waals surface area contributed by atoms with Crippen molar-refractivity contribution in [2.75, 3.05) is 6.26 Å². The van der Waals surface area contributed by atoms with Crippen molar-refractivity contribution < 1.29 is 8.42 Å². The number of hydrogen-bond donors (Lipinski definition) is 0. The average molecular weight is 350 g/mol. The number of nitrogens with zero attached hydrogens (tertiary/aromatic N) is 4. The quantitative estimate of drug-likeness (QED) is 0.675. The van der Waals surface area contributed by atoms with Crippen LogP contribution >= 0.6 is 0 Å². The molecule has 0 bridgehead atoms. The van der Waals surface area contributed by atoms with Crippen molar-refractivity contribution in [2.45, 2.75) is 0 Å². The van der Waals surface area contributed by atoms with Crippen molar-refractivity contribution in [3.8, 4) is 23.0 Å². The van der Waals surface area contributed by atoms with Gasteiger partial charge in [-0.05, 0) is 30.3 Å². The molecule has 0 spiro atoms. The number of rotatable bonds is 4. The zero-order chi connectivity index (χ0) is 17.9. The molecule has 2 aromatic heterocycles. The number of para-hydroxylation sites is 1. The van der Waals surface area contributed by atoms with E-state index in [-0.39, 0.29) is 4.91 Å². The molecule has 2 heterocycles. The monoisotopic (exact) mass is 350 g/mol. The van der Waals surface area contributed by atoms with E-state index in [1.54, 1.807) is 41.5 Å². The van der Waals surface area contributed by atoms with Gasteiger partial charge in [-0.2, -0.15) is 10.4 Å². The zero-order valence-electron chi connectivity index (χ0n) is 13.4. The van der Waals surface area contributed by atoms with Crippen molar-refractivity contribution in [1.82, 2.24) is 14.8 Å². The van der Waals surface area contributed by atoms with E-state index in [4.69, 9.17) is 0 Å². The molecule has 0 aliphatic rings. The molecule has 0 amide bonds. The molecule has 7 heteroatoms. The summed E-state index contributed by atoms with van der Waals surface area (Å²) in [5.74, 6) is 0. The van der Waals surface area contributed by atoms with Crippen LogP contribution in [0.4, 0.5) is 0 Å². The van der Waals surface area contributed by atoms with Crippen molar-refractivity contribution >= 4 is 15.9 Å². The first-order valence-corrected chi connectivity index (χ1v) is 9.25. The van der Waals surface area contributed by atoms with Gasteiger partial charge in [0.1, 0.15) is 16.7 Å². The van der Waals surface area contributed by atoms with E-state index in [9.17, 15) is 13.7 Å². The third-order valence-electron chi connectivity index (χ3n) is 3.51. The van der Waals surface area contributed by atoms with Gasteiger partial charge in [0.15, 0.2) is 9.84 Å². The van der Waals surface area contributed by atoms with Crippen LogP contribution in [-0.2, 0) is 9.84 Å². The largest absolute Gasteiger partial charge is 0.265 e. The summed E-state index contributed by atoms with van der Waals surface area (Å²) in [7, 11) is -3.62. The van der Waals surface area contributed by atoms with Crippen LogP contribution in [0.1, 0.15) is 5.56 Å². The summed E-state index contributed by atoms with van der Waals surface area (Å²) in [5, 5.41) is 13.7. The minimum Gasteiger partial charge on any atom is -0.265 e. The maximum Gasteiger partial charge on any atom is 0.185 e. The second kappa shape index (κ2) is 6.71. The molecule has 1 aromatic carbocycles. The fourth-order valence-corrected chi connectivity index (χ4v) is 2.81. The summed E-state index contributed by atoms with van der Waals surface area (Å²) in [6.07, 6.45) is 7.32. The summed E-state index contributed by atoms with van der Waals surface area (Å²) in [4.78, 5) is 3.67. The Hall–Kier alpha value is -3.24. The fourth-order valence-electron chi connectivity index (χ4n) is 2.30. The Bertz CT molecular complexity index is 1060. The van der Waals surface area contributed by atoms with Crippen LogP contribution < -0.4 is 0 Å². The Morgan fingerprint density at radius 2 is 1.84 bits per heavy atom. The van der Waals surface area contributed by atoms with Gasteiger partial charge in [-0.15, -0.1) is 0 Å². The minimum absolute atomic E-state index is 0.310. The first-order valence-electron chi connectivity index (χ1n) is 7.36. The molecule has 0 aliphatic heterocycles. The van der Waals surface area contributed by atoms with Crippen LogP contribution in [0, 0.1) is 11.3 Å². The third kappa shape index (κ3) is 3.65. The maximum absolute atomic E-state index is 11.8. The summed E-state index contributed by atoms with van der Waals surface area (Å²) < 4.78 is 25.2. The third-order valence-corrected chi connectivity index (χ3v) is 4.52. The first-order chi connectivity index (χ1) is 12.0. The topological polar surface area (TPSA) is 88.6 Å². The van der Waals surface area contributed by atoms with Crippen molar-refractivity contribution in [1.29, 1.82) is 5.26 Å². The van der Waals surface area contributed by atoms with E-state index in [1.165, 1.54) is 6.08 Å². The molecule has 0 aliphatic carbocycles. The molecular formula is C18H14N4O2S. The van der Waals surface area contributed by atoms with Gasteiger partial charge in [0, 0.05) is 36.0 Å². The van der Waals surface area contributed by atoms with Crippen molar-refractivity contribution in [3.63, 3.8) is 0 Å². The summed E-state index contributed by atoms with van der Waals surface area (Å²) in [6.45, 7) is 0. The van der Waals surface area contributed by atoms with Crippen LogP contribution in [0.3, 0.4) is 0 Å². The SMILES string of the molecule is CS(=O)(=O)/C(C#N)=C/c1cn(-c2ccccc2)nc1-c1ccncc1. The molecule has 0 atom stereocenters. The Labute approximate surface area is 145 Å². The molecule has 0 N–H and O–H groups in total. The number of benzene rings is 1. The van der Waals surface area contributed by atoms with Gasteiger partial charge in [-0.1, -0.05) is 18.2 Å². The second-order valence-electron chi connectivity index (χ2n) is 5.34. The molecule has 124 valence electrons. The van der Waals surface area contributed by atoms with Crippen LogP contribution in [0.25, 0.3) is 23.0 Å². The lowest BCUT2D eigenvalue weighted by atomic mass is 10.1. The molecule has 0 fully saturated rings. The Balaban J connectivity index is 2.22. The van der Waals surface area contributed by atoms with E-state index in [2.05, 4.69) is 10.1 Å². The lowest BCUT2D eigenvalue weighted by Crippen LogP contribution is -1.98.